The molecule has 0 spiro atoms. The molecule has 4 heterocycles. The summed E-state index contributed by atoms with van der Waals surface area (Å²) in [4.78, 5) is 33.4. The summed E-state index contributed by atoms with van der Waals surface area (Å²) in [5.74, 6) is -0.123. The molecule has 2 aliphatic heterocycles. The Labute approximate surface area is 226 Å². The summed E-state index contributed by atoms with van der Waals surface area (Å²) in [5, 5.41) is 6.12. The van der Waals surface area contributed by atoms with E-state index < -0.39 is 11.7 Å². The number of amides is 2. The molecule has 0 saturated carbocycles. The van der Waals surface area contributed by atoms with Gasteiger partial charge in [0.25, 0.3) is 11.8 Å². The van der Waals surface area contributed by atoms with Gasteiger partial charge in [-0.2, -0.15) is 13.2 Å². The first kappa shape index (κ1) is 25.6. The number of thiazole rings is 1. The van der Waals surface area contributed by atoms with Gasteiger partial charge in [-0.3, -0.25) is 9.59 Å². The van der Waals surface area contributed by atoms with Crippen LogP contribution in [0.1, 0.15) is 32.8 Å². The minimum absolute atomic E-state index is 0.0433. The highest BCUT2D eigenvalue weighted by atomic mass is 32.1. The first-order chi connectivity index (χ1) is 18.7. The smallest absolute Gasteiger partial charge is 0.350 e. The maximum atomic E-state index is 13.2. The van der Waals surface area contributed by atoms with Crippen molar-refractivity contribution in [3.8, 4) is 11.1 Å². The Morgan fingerprint density at radius 2 is 1.82 bits per heavy atom. The van der Waals surface area contributed by atoms with Crippen LogP contribution in [0.2, 0.25) is 0 Å². The molecule has 1 unspecified atom stereocenters. The van der Waals surface area contributed by atoms with E-state index in [1.165, 1.54) is 17.4 Å². The standard InChI is InChI=1S/C28H26F3N5O2S/c1-34-14-23(17-3-2-4-19(9-17)28(29,30)31)22-6-5-18(10-25(22)34)26(37)36-12-21(13-36)33-20-7-8-35(11-20)27(38)24-15-39-16-32-24/h2-6,9-10,14-16,20-21,33H,7-8,11-13H2,1H3. The largest absolute Gasteiger partial charge is 0.416 e. The van der Waals surface area contributed by atoms with Crippen LogP contribution in [-0.4, -0.2) is 69.4 Å². The van der Waals surface area contributed by atoms with E-state index in [0.29, 0.717) is 48.6 Å². The van der Waals surface area contributed by atoms with Gasteiger partial charge in [0, 0.05) is 78.9 Å². The number of nitrogens with zero attached hydrogens (tertiary/aromatic N) is 4. The zero-order chi connectivity index (χ0) is 27.3. The van der Waals surface area contributed by atoms with Gasteiger partial charge in [-0.25, -0.2) is 4.98 Å². The summed E-state index contributed by atoms with van der Waals surface area (Å²) in [6, 6.07) is 11.0. The molecule has 11 heteroatoms. The van der Waals surface area contributed by atoms with Gasteiger partial charge in [-0.1, -0.05) is 18.2 Å². The van der Waals surface area contributed by atoms with Crippen molar-refractivity contribution in [2.75, 3.05) is 26.2 Å². The molecular weight excluding hydrogens is 527 g/mol. The first-order valence-electron chi connectivity index (χ1n) is 12.7. The topological polar surface area (TPSA) is 70.5 Å². The molecule has 1 N–H and O–H groups in total. The molecule has 2 aromatic carbocycles. The highest BCUT2D eigenvalue weighted by molar-refractivity contribution is 7.07. The van der Waals surface area contributed by atoms with E-state index in [9.17, 15) is 22.8 Å². The molecule has 1 atom stereocenters. The van der Waals surface area contributed by atoms with Crippen LogP contribution >= 0.6 is 11.3 Å². The monoisotopic (exact) mass is 553 g/mol. The fourth-order valence-electron chi connectivity index (χ4n) is 5.44. The van der Waals surface area contributed by atoms with Crippen molar-refractivity contribution in [2.45, 2.75) is 24.7 Å². The number of benzene rings is 2. The fourth-order valence-corrected chi connectivity index (χ4v) is 5.96. The van der Waals surface area contributed by atoms with E-state index in [0.717, 1.165) is 29.5 Å². The lowest BCUT2D eigenvalue weighted by atomic mass is 10.0. The maximum absolute atomic E-state index is 13.2. The van der Waals surface area contributed by atoms with Crippen molar-refractivity contribution in [1.82, 2.24) is 24.7 Å². The summed E-state index contributed by atoms with van der Waals surface area (Å²) < 4.78 is 41.5. The van der Waals surface area contributed by atoms with E-state index in [1.54, 1.807) is 46.3 Å². The zero-order valence-electron chi connectivity index (χ0n) is 21.1. The van der Waals surface area contributed by atoms with Gasteiger partial charge in [0.2, 0.25) is 0 Å². The molecule has 2 amide bonds. The molecule has 0 aliphatic carbocycles. The number of likely N-dealkylation sites (tertiary alicyclic amines) is 2. The summed E-state index contributed by atoms with van der Waals surface area (Å²) in [7, 11) is 1.82. The Hall–Kier alpha value is -3.70. The predicted molar refractivity (Wildman–Crippen MR) is 143 cm³/mol. The minimum atomic E-state index is -4.42. The molecule has 202 valence electrons. The third-order valence-electron chi connectivity index (χ3n) is 7.51. The SMILES string of the molecule is Cn1cc(-c2cccc(C(F)(F)F)c2)c2ccc(C(=O)N3CC(NC4CCN(C(=O)c5cscn5)C4)C3)cc21. The van der Waals surface area contributed by atoms with Crippen LogP contribution in [0.5, 0.6) is 0 Å². The number of alkyl halides is 3. The van der Waals surface area contributed by atoms with Crippen molar-refractivity contribution in [3.05, 3.63) is 76.4 Å². The van der Waals surface area contributed by atoms with Crippen LogP contribution in [-0.2, 0) is 13.2 Å². The highest BCUT2D eigenvalue weighted by Gasteiger charge is 2.36. The van der Waals surface area contributed by atoms with Gasteiger partial charge in [-0.15, -0.1) is 11.3 Å². The van der Waals surface area contributed by atoms with Crippen LogP contribution in [0, 0.1) is 0 Å². The lowest BCUT2D eigenvalue weighted by Gasteiger charge is -2.41. The Morgan fingerprint density at radius 1 is 1.03 bits per heavy atom. The molecule has 2 saturated heterocycles. The summed E-state index contributed by atoms with van der Waals surface area (Å²) >= 11 is 1.40. The number of aromatic nitrogens is 2. The minimum Gasteiger partial charge on any atom is -0.350 e. The molecule has 39 heavy (non-hydrogen) atoms. The Morgan fingerprint density at radius 3 is 2.56 bits per heavy atom. The quantitative estimate of drug-likeness (QED) is 0.391. The zero-order valence-corrected chi connectivity index (χ0v) is 21.9. The van der Waals surface area contributed by atoms with Crippen molar-refractivity contribution < 1.29 is 22.8 Å². The predicted octanol–water partition coefficient (Wildman–Crippen LogP) is 4.65. The molecule has 2 aliphatic rings. The normalized spacial score (nSPS) is 18.1. The third kappa shape index (κ3) is 4.92. The number of aryl methyl sites for hydroxylation is 1. The third-order valence-corrected chi connectivity index (χ3v) is 8.09. The molecule has 4 aromatic rings. The summed E-state index contributed by atoms with van der Waals surface area (Å²) in [6.07, 6.45) is -1.76. The maximum Gasteiger partial charge on any atom is 0.416 e. The van der Waals surface area contributed by atoms with Crippen molar-refractivity contribution in [3.63, 3.8) is 0 Å². The number of hydrogen-bond acceptors (Lipinski definition) is 5. The second-order valence-corrected chi connectivity index (χ2v) is 10.9. The Bertz CT molecular complexity index is 1540. The first-order valence-corrected chi connectivity index (χ1v) is 13.6. The van der Waals surface area contributed by atoms with Crippen LogP contribution in [0.4, 0.5) is 13.2 Å². The molecule has 0 radical (unpaired) electrons. The molecule has 7 nitrogen and oxygen atoms in total. The average Bonchev–Trinajstić information content (AvgIpc) is 3.66. The number of halogens is 3. The van der Waals surface area contributed by atoms with Crippen molar-refractivity contribution in [2.24, 2.45) is 7.05 Å². The summed E-state index contributed by atoms with van der Waals surface area (Å²) in [5.41, 5.74) is 3.93. The molecular formula is C28H26F3N5O2S. The number of hydrogen-bond donors (Lipinski definition) is 1. The van der Waals surface area contributed by atoms with Crippen molar-refractivity contribution in [1.29, 1.82) is 0 Å². The van der Waals surface area contributed by atoms with Gasteiger partial charge in [0.05, 0.1) is 11.1 Å². The van der Waals surface area contributed by atoms with Crippen LogP contribution in [0.25, 0.3) is 22.0 Å². The number of fused-ring (bicyclic) bond motifs is 1. The Balaban J connectivity index is 1.09. The van der Waals surface area contributed by atoms with Gasteiger partial charge >= 0.3 is 6.18 Å². The van der Waals surface area contributed by atoms with Gasteiger partial charge in [0.15, 0.2) is 0 Å². The van der Waals surface area contributed by atoms with E-state index in [2.05, 4.69) is 10.3 Å². The number of carbonyl (C=O) groups excluding carboxylic acids is 2. The average molecular weight is 554 g/mol. The van der Waals surface area contributed by atoms with Crippen LogP contribution in [0.3, 0.4) is 0 Å². The second-order valence-electron chi connectivity index (χ2n) is 10.1. The highest BCUT2D eigenvalue weighted by Crippen LogP contribution is 2.35. The molecule has 2 fully saturated rings. The lowest BCUT2D eigenvalue weighted by Crippen LogP contribution is -2.62. The summed E-state index contributed by atoms with van der Waals surface area (Å²) in [6.45, 7) is 2.47. The fraction of sp³-hybridized carbons (Fsp3) is 0.321. The van der Waals surface area contributed by atoms with Crippen LogP contribution < -0.4 is 5.32 Å². The van der Waals surface area contributed by atoms with Gasteiger partial charge in [0.1, 0.15) is 5.69 Å². The van der Waals surface area contributed by atoms with E-state index >= 15 is 0 Å². The van der Waals surface area contributed by atoms with Crippen molar-refractivity contribution >= 4 is 34.1 Å². The molecule has 0 bridgehead atoms. The number of rotatable bonds is 5. The second kappa shape index (κ2) is 9.80. The molecule has 6 rings (SSSR count). The lowest BCUT2D eigenvalue weighted by molar-refractivity contribution is -0.137. The van der Waals surface area contributed by atoms with E-state index in [4.69, 9.17) is 0 Å². The number of nitrogens with one attached hydrogen (secondary N) is 1. The Kier molecular flexibility index (Phi) is 6.43. The molecule has 2 aromatic heterocycles. The number of carbonyl (C=O) groups is 2. The van der Waals surface area contributed by atoms with E-state index in [1.807, 2.05) is 16.5 Å². The van der Waals surface area contributed by atoms with Gasteiger partial charge in [-0.05, 0) is 36.2 Å². The van der Waals surface area contributed by atoms with Crippen LogP contribution in [0.15, 0.2) is 59.6 Å². The van der Waals surface area contributed by atoms with E-state index in [-0.39, 0.29) is 23.9 Å². The van der Waals surface area contributed by atoms with Gasteiger partial charge < -0.3 is 19.7 Å².